The van der Waals surface area contributed by atoms with Gasteiger partial charge in [-0.25, -0.2) is 0 Å². The van der Waals surface area contributed by atoms with Crippen LogP contribution in [0.15, 0.2) is 111 Å². The lowest BCUT2D eigenvalue weighted by Crippen LogP contribution is -2.32. The van der Waals surface area contributed by atoms with E-state index in [-0.39, 0.29) is 56.2 Å². The molecule has 4 amide bonds. The zero-order chi connectivity index (χ0) is 51.6. The Morgan fingerprint density at radius 3 is 1.39 bits per heavy atom. The Morgan fingerprint density at radius 1 is 0.521 bits per heavy atom. The van der Waals surface area contributed by atoms with E-state index in [1.54, 1.807) is 24.3 Å². The average Bonchev–Trinajstić information content (AvgIpc) is 3.30. The molecule has 372 valence electrons. The number of amides is 4. The smallest absolute Gasteiger partial charge is 0.258 e. The molecule has 5 aromatic carbocycles. The molecular formula is C50H49Cl5N8O8. The number of carbonyl (C=O) groups is 6. The second-order valence-corrected chi connectivity index (χ2v) is 17.5. The van der Waals surface area contributed by atoms with Gasteiger partial charge in [0.25, 0.3) is 23.6 Å². The fraction of sp³-hybridized carbons (Fsp3) is 0.280. The maximum Gasteiger partial charge on any atom is 0.258 e. The summed E-state index contributed by atoms with van der Waals surface area (Å²) in [4.78, 5) is 79.2. The lowest BCUT2D eigenvalue weighted by Gasteiger charge is -2.15. The number of nitrogens with zero attached hydrogens (tertiary/aromatic N) is 4. The second-order valence-electron chi connectivity index (χ2n) is 15.5. The van der Waals surface area contributed by atoms with E-state index < -0.39 is 47.3 Å². The van der Waals surface area contributed by atoms with Crippen molar-refractivity contribution in [3.63, 3.8) is 0 Å². The third-order valence-electron chi connectivity index (χ3n) is 9.96. The fourth-order valence-corrected chi connectivity index (χ4v) is 7.90. The molecular weight excluding hydrogens is 1020 g/mol. The van der Waals surface area contributed by atoms with Gasteiger partial charge in [-0.05, 0) is 143 Å². The second kappa shape index (κ2) is 27.2. The number of aryl methyl sites for hydroxylation is 3. The molecule has 0 bridgehead atoms. The Hall–Kier alpha value is -6.43. The minimum absolute atomic E-state index is 0.0943. The molecule has 0 saturated carbocycles. The Bertz CT molecular complexity index is 2800. The first-order chi connectivity index (χ1) is 34.0. The minimum Gasteiger partial charge on any atom is -0.494 e. The van der Waals surface area contributed by atoms with Crippen molar-refractivity contribution < 1.29 is 38.2 Å². The van der Waals surface area contributed by atoms with Gasteiger partial charge in [0.15, 0.2) is 11.6 Å². The quantitative estimate of drug-likeness (QED) is 0.0264. The highest BCUT2D eigenvalue weighted by atomic mass is 35.5. The summed E-state index contributed by atoms with van der Waals surface area (Å²) in [5.74, 6) is -2.01. The summed E-state index contributed by atoms with van der Waals surface area (Å²) < 4.78 is 11.3. The predicted octanol–water partition coefficient (Wildman–Crippen LogP) is 12.0. The first-order valence-corrected chi connectivity index (χ1v) is 24.4. The highest BCUT2D eigenvalue weighted by Gasteiger charge is 2.26. The molecule has 0 aliphatic heterocycles. The van der Waals surface area contributed by atoms with Crippen molar-refractivity contribution in [1.29, 1.82) is 0 Å². The maximum atomic E-state index is 13.6. The molecule has 21 heteroatoms. The molecule has 2 atom stereocenters. The number of benzene rings is 5. The third-order valence-corrected chi connectivity index (χ3v) is 11.0. The first-order valence-electron chi connectivity index (χ1n) is 22.0. The van der Waals surface area contributed by atoms with Gasteiger partial charge in [-0.1, -0.05) is 23.2 Å². The van der Waals surface area contributed by atoms with Gasteiger partial charge >= 0.3 is 0 Å². The van der Waals surface area contributed by atoms with Crippen LogP contribution >= 0.6 is 58.0 Å². The van der Waals surface area contributed by atoms with Crippen molar-refractivity contribution in [3.8, 4) is 11.5 Å². The largest absolute Gasteiger partial charge is 0.494 e. The Labute approximate surface area is 435 Å². The summed E-state index contributed by atoms with van der Waals surface area (Å²) in [6, 6.07) is 20.3. The number of azo groups is 2. The molecule has 0 aliphatic rings. The van der Waals surface area contributed by atoms with Crippen molar-refractivity contribution in [2.75, 3.05) is 52.1 Å². The van der Waals surface area contributed by atoms with Gasteiger partial charge in [-0.2, -0.15) is 20.5 Å². The number of carbonyl (C=O) groups excluding carboxylic acids is 6. The van der Waals surface area contributed by atoms with E-state index in [1.807, 2.05) is 26.0 Å². The van der Waals surface area contributed by atoms with Crippen LogP contribution < -0.4 is 30.7 Å². The molecule has 0 spiro atoms. The SMILES string of the molecule is CCOc1cc(CCCl)cc(NC(=O)c2cc(Cl)cc(N=NC(C(C)=O)C(=O)Nc3ccc(NC(=O)C(N=Nc4cc(Cl)cc(C(=O)Nc5cc(CCCl)cc(OCC)c5)c4)C(C)=O)c(CCCl)c3)c2)c1. The number of ketones is 2. The summed E-state index contributed by atoms with van der Waals surface area (Å²) in [6.45, 7) is 6.87. The van der Waals surface area contributed by atoms with Crippen LogP contribution in [0.25, 0.3) is 0 Å². The maximum absolute atomic E-state index is 13.6. The zero-order valence-corrected chi connectivity index (χ0v) is 42.7. The molecule has 2 unspecified atom stereocenters. The van der Waals surface area contributed by atoms with Gasteiger partial charge in [0.05, 0.1) is 24.6 Å². The molecule has 0 radical (unpaired) electrons. The molecule has 0 fully saturated rings. The van der Waals surface area contributed by atoms with Crippen LogP contribution in [-0.2, 0) is 38.4 Å². The van der Waals surface area contributed by atoms with Gasteiger partial charge in [-0.15, -0.1) is 34.8 Å². The molecule has 0 aliphatic carbocycles. The van der Waals surface area contributed by atoms with Crippen molar-refractivity contribution in [2.45, 2.75) is 59.0 Å². The highest BCUT2D eigenvalue weighted by molar-refractivity contribution is 6.32. The number of Topliss-reactive ketones (excluding diaryl/α,β-unsaturated/α-hetero) is 2. The topological polar surface area (TPSA) is 218 Å². The Kier molecular flexibility index (Phi) is 21.3. The Morgan fingerprint density at radius 2 is 0.972 bits per heavy atom. The summed E-state index contributed by atoms with van der Waals surface area (Å²) in [7, 11) is 0. The van der Waals surface area contributed by atoms with E-state index in [2.05, 4.69) is 41.7 Å². The molecule has 16 nitrogen and oxygen atoms in total. The van der Waals surface area contributed by atoms with Crippen molar-refractivity contribution >= 4 is 127 Å². The van der Waals surface area contributed by atoms with Gasteiger partial charge in [0, 0.05) is 73.7 Å². The third kappa shape index (κ3) is 16.9. The normalized spacial score (nSPS) is 12.0. The lowest BCUT2D eigenvalue weighted by atomic mass is 10.1. The molecule has 0 aromatic heterocycles. The molecule has 5 rings (SSSR count). The first kappa shape index (κ1) is 55.5. The van der Waals surface area contributed by atoms with Crippen LogP contribution in [0, 0.1) is 0 Å². The predicted molar refractivity (Wildman–Crippen MR) is 279 cm³/mol. The number of rotatable bonds is 24. The van der Waals surface area contributed by atoms with E-state index in [1.165, 1.54) is 68.4 Å². The Balaban J connectivity index is 1.27. The number of nitrogens with one attached hydrogen (secondary N) is 4. The van der Waals surface area contributed by atoms with Crippen LogP contribution in [0.3, 0.4) is 0 Å². The van der Waals surface area contributed by atoms with Gasteiger partial charge in [-0.3, -0.25) is 28.8 Å². The number of halogens is 5. The van der Waals surface area contributed by atoms with Crippen LogP contribution in [0.2, 0.25) is 10.0 Å². The number of hydrogen-bond donors (Lipinski definition) is 4. The highest BCUT2D eigenvalue weighted by Crippen LogP contribution is 2.29. The van der Waals surface area contributed by atoms with Gasteiger partial charge in [0.2, 0.25) is 12.1 Å². The molecule has 71 heavy (non-hydrogen) atoms. The molecule has 0 heterocycles. The average molecular weight is 1070 g/mol. The molecule has 0 saturated heterocycles. The molecule has 4 N–H and O–H groups in total. The van der Waals surface area contributed by atoms with Gasteiger partial charge in [0.1, 0.15) is 11.5 Å². The van der Waals surface area contributed by atoms with E-state index in [9.17, 15) is 28.8 Å². The van der Waals surface area contributed by atoms with E-state index in [0.29, 0.717) is 66.3 Å². The van der Waals surface area contributed by atoms with Crippen LogP contribution in [0.4, 0.5) is 34.1 Å². The number of hydrogen-bond acceptors (Lipinski definition) is 12. The van der Waals surface area contributed by atoms with E-state index >= 15 is 0 Å². The van der Waals surface area contributed by atoms with Crippen LogP contribution in [-0.4, -0.2) is 78.1 Å². The number of anilines is 4. The summed E-state index contributed by atoms with van der Waals surface area (Å²) in [5, 5.41) is 27.5. The fourth-order valence-electron chi connectivity index (χ4n) is 6.80. The van der Waals surface area contributed by atoms with Crippen LogP contribution in [0.5, 0.6) is 11.5 Å². The number of alkyl halides is 3. The van der Waals surface area contributed by atoms with Crippen molar-refractivity contribution in [2.24, 2.45) is 20.5 Å². The minimum atomic E-state index is -1.62. The monoisotopic (exact) mass is 1060 g/mol. The van der Waals surface area contributed by atoms with Gasteiger partial charge < -0.3 is 30.7 Å². The van der Waals surface area contributed by atoms with Crippen LogP contribution in [0.1, 0.15) is 65.1 Å². The lowest BCUT2D eigenvalue weighted by molar-refractivity contribution is -0.127. The standard InChI is InChI=1S/C50H49Cl5N8O8/c1-5-70-42-17-30(9-12-51)15-38(26-42)57-47(66)33-19-35(54)24-40(22-33)60-62-45(28(3)64)49(68)56-37-7-8-44(32(21-37)11-14-53)59-50(69)46(29(4)65)63-61-41-23-34(20-36(55)25-41)48(67)58-39-16-31(10-13-52)18-43(27-39)71-6-2/h7-8,15-27,45-46H,5-6,9-14H2,1-4H3,(H,56,68)(H,57,66)(H,58,67)(H,59,69). The van der Waals surface area contributed by atoms with E-state index in [0.717, 1.165) is 11.1 Å². The number of ether oxygens (including phenoxy) is 2. The zero-order valence-electron chi connectivity index (χ0n) is 38.9. The summed E-state index contributed by atoms with van der Waals surface area (Å²) >= 11 is 30.7. The van der Waals surface area contributed by atoms with Crippen molar-refractivity contribution in [1.82, 2.24) is 0 Å². The summed E-state index contributed by atoms with van der Waals surface area (Å²) in [6.07, 6.45) is 1.31. The molecule has 5 aromatic rings. The van der Waals surface area contributed by atoms with Crippen molar-refractivity contribution in [3.05, 3.63) is 129 Å². The summed E-state index contributed by atoms with van der Waals surface area (Å²) in [5.41, 5.74) is 4.04. The van der Waals surface area contributed by atoms with E-state index in [4.69, 9.17) is 67.5 Å².